The van der Waals surface area contributed by atoms with Crippen LogP contribution in [0.1, 0.15) is 0 Å². The Morgan fingerprint density at radius 1 is 1.44 bits per heavy atom. The fourth-order valence-corrected chi connectivity index (χ4v) is 1.48. The second-order valence-electron chi connectivity index (χ2n) is 3.61. The normalized spacial score (nSPS) is 39.6. The Morgan fingerprint density at radius 2 is 2.06 bits per heavy atom. The molecule has 16 heavy (non-hydrogen) atoms. The zero-order valence-electron chi connectivity index (χ0n) is 8.41. The molecule has 0 aromatic heterocycles. The summed E-state index contributed by atoms with van der Waals surface area (Å²) in [6, 6.07) is 0. The highest BCUT2D eigenvalue weighted by Crippen LogP contribution is 2.23. The summed E-state index contributed by atoms with van der Waals surface area (Å²) in [7, 11) is 0. The predicted molar refractivity (Wildman–Crippen MR) is 49.4 cm³/mol. The molecule has 1 aliphatic heterocycles. The van der Waals surface area contributed by atoms with Crippen LogP contribution in [0.5, 0.6) is 0 Å². The number of carbonyl (C=O) groups is 1. The molecule has 0 aromatic carbocycles. The fraction of sp³-hybridized carbons (Fsp3) is 0.875. The topological polar surface area (TPSA) is 139 Å². The highest BCUT2D eigenvalue weighted by molar-refractivity contribution is 5.69. The maximum atomic E-state index is 10.4. The molecule has 1 saturated heterocycles. The molecule has 1 heterocycles. The smallest absolute Gasteiger partial charge is 0.317 e. The number of ether oxygens (including phenoxy) is 1. The van der Waals surface area contributed by atoms with E-state index >= 15 is 0 Å². The molecule has 0 radical (unpaired) electrons. The summed E-state index contributed by atoms with van der Waals surface area (Å²) in [4.78, 5) is 10.4. The van der Waals surface area contributed by atoms with Gasteiger partial charge in [0.2, 0.25) is 0 Å². The fourth-order valence-electron chi connectivity index (χ4n) is 1.48. The first-order valence-corrected chi connectivity index (χ1v) is 4.69. The molecule has 8 nitrogen and oxygen atoms in total. The Bertz CT molecular complexity index is 261. The molecule has 94 valence electrons. The van der Waals surface area contributed by atoms with Gasteiger partial charge in [-0.2, -0.15) is 0 Å². The van der Waals surface area contributed by atoms with E-state index in [0.717, 1.165) is 0 Å². The molecule has 4 atom stereocenters. The lowest BCUT2D eigenvalue weighted by Crippen LogP contribution is -2.69. The van der Waals surface area contributed by atoms with Gasteiger partial charge in [0.1, 0.15) is 18.3 Å². The SMILES string of the molecule is O=C(O)CN[C@@]1(CO)OC[C@@H](O)[C@@H](O)[C@@H]1O. The Hall–Kier alpha value is -0.770. The van der Waals surface area contributed by atoms with Crippen molar-refractivity contribution >= 4 is 5.97 Å². The minimum absolute atomic E-state index is 0.314. The summed E-state index contributed by atoms with van der Waals surface area (Å²) in [6.07, 6.45) is -4.41. The molecule has 0 aliphatic carbocycles. The van der Waals surface area contributed by atoms with Crippen molar-refractivity contribution in [3.8, 4) is 0 Å². The summed E-state index contributed by atoms with van der Waals surface area (Å²) >= 11 is 0. The molecule has 0 spiro atoms. The highest BCUT2D eigenvalue weighted by atomic mass is 16.6. The number of aliphatic carboxylic acids is 1. The van der Waals surface area contributed by atoms with Crippen molar-refractivity contribution in [2.24, 2.45) is 0 Å². The number of aliphatic hydroxyl groups is 4. The second-order valence-corrected chi connectivity index (χ2v) is 3.61. The molecule has 1 aliphatic rings. The molecule has 8 heteroatoms. The second kappa shape index (κ2) is 5.04. The first kappa shape index (κ1) is 13.3. The Morgan fingerprint density at radius 3 is 2.56 bits per heavy atom. The van der Waals surface area contributed by atoms with Crippen LogP contribution in [0, 0.1) is 0 Å². The van der Waals surface area contributed by atoms with Crippen LogP contribution in [0.3, 0.4) is 0 Å². The number of carboxylic acids is 1. The van der Waals surface area contributed by atoms with Gasteiger partial charge in [0.05, 0.1) is 19.8 Å². The number of nitrogens with one attached hydrogen (secondary N) is 1. The Balaban J connectivity index is 2.74. The molecule has 0 unspecified atom stereocenters. The van der Waals surface area contributed by atoms with E-state index in [9.17, 15) is 20.1 Å². The first-order valence-electron chi connectivity index (χ1n) is 4.69. The van der Waals surface area contributed by atoms with Crippen LogP contribution in [-0.2, 0) is 9.53 Å². The van der Waals surface area contributed by atoms with Gasteiger partial charge in [0.15, 0.2) is 5.72 Å². The minimum Gasteiger partial charge on any atom is -0.480 e. The number of rotatable bonds is 4. The van der Waals surface area contributed by atoms with Gasteiger partial charge in [-0.3, -0.25) is 10.1 Å². The van der Waals surface area contributed by atoms with Crippen molar-refractivity contribution in [2.45, 2.75) is 24.0 Å². The van der Waals surface area contributed by atoms with E-state index in [-0.39, 0.29) is 6.61 Å². The van der Waals surface area contributed by atoms with Crippen LogP contribution in [-0.4, -0.2) is 75.3 Å². The van der Waals surface area contributed by atoms with Crippen molar-refractivity contribution in [1.82, 2.24) is 5.32 Å². The molecule has 1 fully saturated rings. The third kappa shape index (κ3) is 2.48. The monoisotopic (exact) mass is 237 g/mol. The van der Waals surface area contributed by atoms with Gasteiger partial charge in [-0.15, -0.1) is 0 Å². The summed E-state index contributed by atoms with van der Waals surface area (Å²) in [5.41, 5.74) is -1.77. The summed E-state index contributed by atoms with van der Waals surface area (Å²) in [5.74, 6) is -1.20. The van der Waals surface area contributed by atoms with E-state index in [1.165, 1.54) is 0 Å². The largest absolute Gasteiger partial charge is 0.480 e. The quantitative estimate of drug-likeness (QED) is 0.295. The van der Waals surface area contributed by atoms with Crippen LogP contribution in [0.4, 0.5) is 0 Å². The molecule has 0 amide bonds. The van der Waals surface area contributed by atoms with Crippen LogP contribution in [0.2, 0.25) is 0 Å². The van der Waals surface area contributed by atoms with E-state index in [1.54, 1.807) is 0 Å². The molecular formula is C8H15NO7. The number of carboxylic acid groups (broad SMARTS) is 1. The highest BCUT2D eigenvalue weighted by Gasteiger charge is 2.49. The van der Waals surface area contributed by atoms with Crippen molar-refractivity contribution < 1.29 is 35.1 Å². The van der Waals surface area contributed by atoms with Crippen molar-refractivity contribution in [2.75, 3.05) is 19.8 Å². The molecule has 6 N–H and O–H groups in total. The third-order valence-electron chi connectivity index (χ3n) is 2.48. The summed E-state index contributed by atoms with van der Waals surface area (Å²) in [6.45, 7) is -1.60. The minimum atomic E-state index is -1.77. The van der Waals surface area contributed by atoms with E-state index in [2.05, 4.69) is 5.32 Å². The van der Waals surface area contributed by atoms with Crippen LogP contribution < -0.4 is 5.32 Å². The average molecular weight is 237 g/mol. The number of aliphatic hydroxyl groups excluding tert-OH is 4. The van der Waals surface area contributed by atoms with E-state index in [4.69, 9.17) is 14.9 Å². The molecule has 1 rings (SSSR count). The van der Waals surface area contributed by atoms with Gasteiger partial charge >= 0.3 is 5.97 Å². The maximum Gasteiger partial charge on any atom is 0.317 e. The predicted octanol–water partition coefficient (Wildman–Crippen LogP) is -3.54. The van der Waals surface area contributed by atoms with Gasteiger partial charge in [-0.05, 0) is 0 Å². The lowest BCUT2D eigenvalue weighted by molar-refractivity contribution is -0.258. The van der Waals surface area contributed by atoms with Gasteiger partial charge < -0.3 is 30.3 Å². The van der Waals surface area contributed by atoms with Crippen molar-refractivity contribution in [1.29, 1.82) is 0 Å². The van der Waals surface area contributed by atoms with Gasteiger partial charge in [0, 0.05) is 0 Å². The molecule has 0 bridgehead atoms. The summed E-state index contributed by atoms with van der Waals surface area (Å²) in [5, 5.41) is 48.1. The zero-order chi connectivity index (χ0) is 12.3. The van der Waals surface area contributed by atoms with Crippen LogP contribution in [0.25, 0.3) is 0 Å². The van der Waals surface area contributed by atoms with Gasteiger partial charge in [-0.25, -0.2) is 0 Å². The van der Waals surface area contributed by atoms with Crippen LogP contribution in [0.15, 0.2) is 0 Å². The van der Waals surface area contributed by atoms with Gasteiger partial charge in [0.25, 0.3) is 0 Å². The molecule has 0 aromatic rings. The number of hydrogen-bond acceptors (Lipinski definition) is 7. The Labute approximate surface area is 91.1 Å². The lowest BCUT2D eigenvalue weighted by atomic mass is 9.95. The standard InChI is InChI=1S/C8H15NO7/c10-3-8(9-1-5(12)13)7(15)6(14)4(11)2-16-8/h4,6-7,9-11,14-15H,1-3H2,(H,12,13)/t4-,6-,7+,8+/m1/s1. The van der Waals surface area contributed by atoms with E-state index in [0.29, 0.717) is 0 Å². The van der Waals surface area contributed by atoms with Crippen molar-refractivity contribution in [3.05, 3.63) is 0 Å². The van der Waals surface area contributed by atoms with Gasteiger partial charge in [-0.1, -0.05) is 0 Å². The summed E-state index contributed by atoms with van der Waals surface area (Å²) < 4.78 is 4.98. The van der Waals surface area contributed by atoms with E-state index in [1.807, 2.05) is 0 Å². The maximum absolute atomic E-state index is 10.4. The Kier molecular flexibility index (Phi) is 4.19. The zero-order valence-corrected chi connectivity index (χ0v) is 8.41. The molecular weight excluding hydrogens is 222 g/mol. The number of hydrogen-bond donors (Lipinski definition) is 6. The van der Waals surface area contributed by atoms with E-state index < -0.39 is 43.2 Å². The average Bonchev–Trinajstić information content (AvgIpc) is 2.26. The molecule has 0 saturated carbocycles. The first-order chi connectivity index (χ1) is 7.43. The third-order valence-corrected chi connectivity index (χ3v) is 2.48. The lowest BCUT2D eigenvalue weighted by Gasteiger charge is -2.44. The van der Waals surface area contributed by atoms with Crippen LogP contribution >= 0.6 is 0 Å². The van der Waals surface area contributed by atoms with Crippen molar-refractivity contribution in [3.63, 3.8) is 0 Å².